The van der Waals surface area contributed by atoms with Crippen LogP contribution in [0.5, 0.6) is 0 Å². The number of nitro groups is 1. The highest BCUT2D eigenvalue weighted by molar-refractivity contribution is 5.76. The summed E-state index contributed by atoms with van der Waals surface area (Å²) < 4.78 is 45.3. The zero-order valence-electron chi connectivity index (χ0n) is 18.8. The number of morpholine rings is 1. The fourth-order valence-electron chi connectivity index (χ4n) is 4.02. The predicted molar refractivity (Wildman–Crippen MR) is 119 cm³/mol. The van der Waals surface area contributed by atoms with Crippen LogP contribution in [0, 0.1) is 10.1 Å². The van der Waals surface area contributed by atoms with Gasteiger partial charge in [-0.3, -0.25) is 10.1 Å². The smallest absolute Gasteiger partial charge is 0.378 e. The molecular weight excluding hydrogens is 469 g/mol. The van der Waals surface area contributed by atoms with Crippen molar-refractivity contribution in [3.8, 4) is 0 Å². The molecule has 0 spiro atoms. The van der Waals surface area contributed by atoms with Crippen molar-refractivity contribution < 1.29 is 27.6 Å². The normalized spacial score (nSPS) is 16.6. The summed E-state index contributed by atoms with van der Waals surface area (Å²) in [7, 11) is 0. The van der Waals surface area contributed by atoms with Gasteiger partial charge in [-0.15, -0.1) is 0 Å². The number of nitro benzene ring substituents is 1. The Balaban J connectivity index is 1.62. The van der Waals surface area contributed by atoms with E-state index < -0.39 is 28.4 Å². The Morgan fingerprint density at radius 3 is 2.57 bits per heavy atom. The number of rotatable bonds is 5. The molecule has 1 aromatic heterocycles. The Kier molecular flexibility index (Phi) is 6.61. The Labute approximate surface area is 198 Å². The van der Waals surface area contributed by atoms with E-state index in [1.807, 2.05) is 0 Å². The average Bonchev–Trinajstić information content (AvgIpc) is 3.27. The maximum atomic E-state index is 13.3. The number of aromatic nitrogens is 2. The van der Waals surface area contributed by atoms with Gasteiger partial charge in [-0.25, -0.2) is 14.8 Å². The van der Waals surface area contributed by atoms with Crippen LogP contribution in [0.3, 0.4) is 0 Å². The van der Waals surface area contributed by atoms with Gasteiger partial charge in [0.25, 0.3) is 5.69 Å². The highest BCUT2D eigenvalue weighted by Crippen LogP contribution is 2.36. The minimum atomic E-state index is -4.74. The van der Waals surface area contributed by atoms with Gasteiger partial charge in [0.2, 0.25) is 0 Å². The van der Waals surface area contributed by atoms with Gasteiger partial charge in [0.15, 0.2) is 5.82 Å². The van der Waals surface area contributed by atoms with E-state index in [1.54, 1.807) is 16.7 Å². The molecule has 2 aliphatic rings. The van der Waals surface area contributed by atoms with Crippen LogP contribution in [-0.4, -0.2) is 57.0 Å². The van der Waals surface area contributed by atoms with Gasteiger partial charge in [-0.05, 0) is 24.6 Å². The highest BCUT2D eigenvalue weighted by Gasteiger charge is 2.34. The second-order valence-electron chi connectivity index (χ2n) is 8.23. The Hall–Kier alpha value is -3.74. The van der Waals surface area contributed by atoms with Crippen molar-refractivity contribution in [3.05, 3.63) is 63.1 Å². The molecule has 0 radical (unpaired) electrons. The number of non-ortho nitro benzene ring substituents is 1. The van der Waals surface area contributed by atoms with Crippen LogP contribution in [0.2, 0.25) is 0 Å². The van der Waals surface area contributed by atoms with E-state index in [4.69, 9.17) is 4.74 Å². The number of nitrogens with zero attached hydrogens (tertiary/aromatic N) is 5. The summed E-state index contributed by atoms with van der Waals surface area (Å²) in [6.45, 7) is 7.58. The lowest BCUT2D eigenvalue weighted by molar-refractivity contribution is -0.385. The number of anilines is 1. The molecule has 2 aliphatic heterocycles. The number of fused-ring (bicyclic) bond motifs is 1. The zero-order valence-corrected chi connectivity index (χ0v) is 18.8. The molecule has 1 fully saturated rings. The lowest BCUT2D eigenvalue weighted by atomic mass is 10.0. The van der Waals surface area contributed by atoms with Gasteiger partial charge in [-0.2, -0.15) is 13.2 Å². The van der Waals surface area contributed by atoms with Crippen molar-refractivity contribution in [2.45, 2.75) is 32.2 Å². The fraction of sp³-hybridized carbons (Fsp3) is 0.409. The van der Waals surface area contributed by atoms with Gasteiger partial charge >= 0.3 is 12.2 Å². The number of amides is 2. The van der Waals surface area contributed by atoms with Crippen molar-refractivity contribution in [3.63, 3.8) is 0 Å². The molecule has 0 unspecified atom stereocenters. The van der Waals surface area contributed by atoms with E-state index >= 15 is 0 Å². The molecule has 4 rings (SSSR count). The number of carbonyl (C=O) groups excluding carboxylic acids is 1. The van der Waals surface area contributed by atoms with Crippen LogP contribution >= 0.6 is 0 Å². The van der Waals surface area contributed by atoms with Crippen molar-refractivity contribution >= 4 is 23.6 Å². The predicted octanol–water partition coefficient (Wildman–Crippen LogP) is 3.99. The summed E-state index contributed by atoms with van der Waals surface area (Å²) in [4.78, 5) is 35.4. The molecule has 0 aliphatic carbocycles. The van der Waals surface area contributed by atoms with Gasteiger partial charge in [0.1, 0.15) is 5.82 Å². The largest absolute Gasteiger partial charge is 0.416 e. The third kappa shape index (κ3) is 5.19. The second-order valence-corrected chi connectivity index (χ2v) is 8.23. The summed E-state index contributed by atoms with van der Waals surface area (Å²) >= 11 is 0. The summed E-state index contributed by atoms with van der Waals surface area (Å²) in [6.07, 6.45) is -3.31. The molecule has 35 heavy (non-hydrogen) atoms. The van der Waals surface area contributed by atoms with E-state index in [2.05, 4.69) is 21.9 Å². The number of alkyl halides is 3. The second kappa shape index (κ2) is 9.49. The third-order valence-corrected chi connectivity index (χ3v) is 5.87. The monoisotopic (exact) mass is 492 g/mol. The van der Waals surface area contributed by atoms with Crippen molar-refractivity contribution in [2.24, 2.45) is 0 Å². The van der Waals surface area contributed by atoms with Crippen molar-refractivity contribution in [2.75, 3.05) is 31.6 Å². The van der Waals surface area contributed by atoms with Crippen molar-refractivity contribution in [1.29, 1.82) is 0 Å². The molecule has 10 nitrogen and oxygen atoms in total. The Morgan fingerprint density at radius 2 is 1.94 bits per heavy atom. The molecule has 0 saturated carbocycles. The minimum absolute atomic E-state index is 0.0679. The molecule has 2 aromatic rings. The molecule has 1 atom stereocenters. The number of carbonyl (C=O) groups is 1. The van der Waals surface area contributed by atoms with Crippen molar-refractivity contribution in [1.82, 2.24) is 19.8 Å². The summed E-state index contributed by atoms with van der Waals surface area (Å²) in [5.41, 5.74) is -0.479. The minimum Gasteiger partial charge on any atom is -0.378 e. The molecule has 3 heterocycles. The van der Waals surface area contributed by atoms with Gasteiger partial charge in [0.05, 0.1) is 48.5 Å². The zero-order chi connectivity index (χ0) is 25.3. The number of hydrogen-bond donors (Lipinski definition) is 1. The van der Waals surface area contributed by atoms with Crippen LogP contribution in [0.25, 0.3) is 6.08 Å². The standard InChI is InChI=1S/C22H23F3N6O4/c1-3-19-27-18-12-30(21(32)29-4-6-35-7-5-29)11-17(18)20(28-19)26-13(2)14-8-15(22(23,24)25)10-16(9-14)31(33)34/h3,8-10,13H,1,4-7,11-12H2,2H3,(H,26,27,28)/t13-/m1/s1. The average molecular weight is 492 g/mol. The molecule has 186 valence electrons. The maximum Gasteiger partial charge on any atom is 0.416 e. The van der Waals surface area contributed by atoms with Crippen LogP contribution in [0.15, 0.2) is 24.8 Å². The van der Waals surface area contributed by atoms with E-state index in [0.29, 0.717) is 49.4 Å². The first kappa shape index (κ1) is 24.4. The maximum absolute atomic E-state index is 13.3. The molecule has 0 bridgehead atoms. The number of ether oxygens (including phenoxy) is 1. The summed E-state index contributed by atoms with van der Waals surface area (Å²) in [6, 6.07) is 1.53. The van der Waals surface area contributed by atoms with E-state index in [0.717, 1.165) is 12.1 Å². The number of hydrogen-bond acceptors (Lipinski definition) is 7. The summed E-state index contributed by atoms with van der Waals surface area (Å²) in [5.74, 6) is 0.615. The molecular formula is C22H23F3N6O4. The number of benzene rings is 1. The lowest BCUT2D eigenvalue weighted by Gasteiger charge is -2.30. The quantitative estimate of drug-likeness (QED) is 0.496. The summed E-state index contributed by atoms with van der Waals surface area (Å²) in [5, 5.41) is 14.3. The van der Waals surface area contributed by atoms with Crippen LogP contribution in [0.4, 0.5) is 29.5 Å². The number of nitrogens with one attached hydrogen (secondary N) is 1. The molecule has 2 amide bonds. The first-order valence-corrected chi connectivity index (χ1v) is 10.8. The number of urea groups is 1. The Bertz CT molecular complexity index is 1170. The fourth-order valence-corrected chi connectivity index (χ4v) is 4.02. The van der Waals surface area contributed by atoms with E-state index in [1.165, 1.54) is 6.08 Å². The molecule has 13 heteroatoms. The van der Waals surface area contributed by atoms with Gasteiger partial charge < -0.3 is 19.9 Å². The van der Waals surface area contributed by atoms with Gasteiger partial charge in [0, 0.05) is 30.8 Å². The third-order valence-electron chi connectivity index (χ3n) is 5.87. The molecule has 1 saturated heterocycles. The van der Waals surface area contributed by atoms with E-state index in [-0.39, 0.29) is 30.5 Å². The Morgan fingerprint density at radius 1 is 1.23 bits per heavy atom. The molecule has 1 N–H and O–H groups in total. The van der Waals surface area contributed by atoms with Crippen LogP contribution in [-0.2, 0) is 24.0 Å². The van der Waals surface area contributed by atoms with Crippen LogP contribution < -0.4 is 5.32 Å². The first-order chi connectivity index (χ1) is 16.6. The lowest BCUT2D eigenvalue weighted by Crippen LogP contribution is -2.46. The number of halogens is 3. The SMILES string of the molecule is C=Cc1nc2c(c(N[C@H](C)c3cc([N+](=O)[O-])cc(C(F)(F)F)c3)n1)CN(C(=O)N1CCOCC1)C2. The van der Waals surface area contributed by atoms with E-state index in [9.17, 15) is 28.1 Å². The first-order valence-electron chi connectivity index (χ1n) is 10.8. The topological polar surface area (TPSA) is 114 Å². The van der Waals surface area contributed by atoms with Crippen LogP contribution in [0.1, 0.15) is 41.2 Å². The molecule has 1 aromatic carbocycles. The highest BCUT2D eigenvalue weighted by atomic mass is 19.4. The van der Waals surface area contributed by atoms with Gasteiger partial charge in [-0.1, -0.05) is 6.58 Å².